The second-order valence-electron chi connectivity index (χ2n) is 4.91. The number of nitro benzene ring substituents is 1. The van der Waals surface area contributed by atoms with Crippen molar-refractivity contribution < 1.29 is 18.1 Å². The second kappa shape index (κ2) is 6.07. The molecule has 8 nitrogen and oxygen atoms in total. The van der Waals surface area contributed by atoms with Crippen molar-refractivity contribution in [2.75, 3.05) is 13.7 Å². The Bertz CT molecular complexity index is 691. The molecule has 114 valence electrons. The molecule has 0 fully saturated rings. The van der Waals surface area contributed by atoms with E-state index in [0.29, 0.717) is 0 Å². The molecule has 1 aromatic rings. The topological polar surface area (TPSA) is 122 Å². The van der Waals surface area contributed by atoms with Gasteiger partial charge in [-0.15, -0.1) is 0 Å². The third-order valence-corrected chi connectivity index (χ3v) is 4.11. The average Bonchev–Trinajstić information content (AvgIpc) is 2.44. The van der Waals surface area contributed by atoms with Crippen molar-refractivity contribution in [2.24, 2.45) is 5.41 Å². The number of nitriles is 1. The molecule has 0 heterocycles. The van der Waals surface area contributed by atoms with Gasteiger partial charge in [-0.3, -0.25) is 10.1 Å². The predicted octanol–water partition coefficient (Wildman–Crippen LogP) is 1.43. The normalized spacial score (nSPS) is 11.7. The molecule has 0 aliphatic heterocycles. The number of hydrogen-bond donors (Lipinski definition) is 1. The maximum Gasteiger partial charge on any atom is 0.293 e. The lowest BCUT2D eigenvalue weighted by atomic mass is 9.97. The number of ether oxygens (including phenoxy) is 1. The first-order valence-electron chi connectivity index (χ1n) is 5.86. The van der Waals surface area contributed by atoms with Gasteiger partial charge in [0.2, 0.25) is 10.0 Å². The zero-order valence-electron chi connectivity index (χ0n) is 11.8. The van der Waals surface area contributed by atoms with E-state index in [1.54, 1.807) is 13.8 Å². The molecule has 0 spiro atoms. The van der Waals surface area contributed by atoms with Gasteiger partial charge in [0.05, 0.1) is 29.6 Å². The fraction of sp³-hybridized carbons (Fsp3) is 0.417. The number of sulfonamides is 1. The van der Waals surface area contributed by atoms with Crippen LogP contribution in [0.15, 0.2) is 23.1 Å². The van der Waals surface area contributed by atoms with Crippen LogP contribution in [0.1, 0.15) is 13.8 Å². The van der Waals surface area contributed by atoms with Gasteiger partial charge >= 0.3 is 0 Å². The first kappa shape index (κ1) is 16.9. The van der Waals surface area contributed by atoms with Crippen LogP contribution in [-0.4, -0.2) is 27.0 Å². The molecule has 1 rings (SSSR count). The van der Waals surface area contributed by atoms with Gasteiger partial charge in [-0.1, -0.05) is 0 Å². The van der Waals surface area contributed by atoms with E-state index in [2.05, 4.69) is 4.72 Å². The Morgan fingerprint density at radius 3 is 2.57 bits per heavy atom. The minimum absolute atomic E-state index is 0.158. The quantitative estimate of drug-likeness (QED) is 0.626. The van der Waals surface area contributed by atoms with E-state index in [4.69, 9.17) is 10.00 Å². The largest absolute Gasteiger partial charge is 0.497 e. The van der Waals surface area contributed by atoms with Gasteiger partial charge in [0, 0.05) is 6.54 Å². The van der Waals surface area contributed by atoms with E-state index in [0.717, 1.165) is 12.1 Å². The maximum absolute atomic E-state index is 12.2. The van der Waals surface area contributed by atoms with Gasteiger partial charge in [-0.05, 0) is 26.0 Å². The molecule has 0 saturated carbocycles. The SMILES string of the molecule is COc1ccc(S(=O)(=O)NCC(C)(C)C#N)c([N+](=O)[O-])c1. The van der Waals surface area contributed by atoms with Crippen molar-refractivity contribution in [3.8, 4) is 11.8 Å². The van der Waals surface area contributed by atoms with Crippen molar-refractivity contribution in [2.45, 2.75) is 18.7 Å². The Labute approximate surface area is 122 Å². The molecule has 0 aliphatic rings. The average molecular weight is 313 g/mol. The predicted molar refractivity (Wildman–Crippen MR) is 74.2 cm³/mol. The number of rotatable bonds is 6. The Balaban J connectivity index is 3.20. The van der Waals surface area contributed by atoms with Crippen LogP contribution >= 0.6 is 0 Å². The van der Waals surface area contributed by atoms with Gasteiger partial charge < -0.3 is 4.74 Å². The van der Waals surface area contributed by atoms with Crippen LogP contribution in [0.4, 0.5) is 5.69 Å². The Kier molecular flexibility index (Phi) is 4.88. The third kappa shape index (κ3) is 4.14. The first-order chi connectivity index (χ1) is 9.63. The zero-order valence-corrected chi connectivity index (χ0v) is 12.6. The smallest absolute Gasteiger partial charge is 0.293 e. The number of methoxy groups -OCH3 is 1. The van der Waals surface area contributed by atoms with Gasteiger partial charge in [-0.2, -0.15) is 5.26 Å². The van der Waals surface area contributed by atoms with Crippen LogP contribution < -0.4 is 9.46 Å². The summed E-state index contributed by atoms with van der Waals surface area (Å²) in [6.45, 7) is 2.95. The molecule has 0 aliphatic carbocycles. The number of nitrogens with zero attached hydrogens (tertiary/aromatic N) is 2. The maximum atomic E-state index is 12.2. The second-order valence-corrected chi connectivity index (χ2v) is 6.65. The number of nitrogens with one attached hydrogen (secondary N) is 1. The van der Waals surface area contributed by atoms with Crippen LogP contribution in [0.2, 0.25) is 0 Å². The molecule has 0 bridgehead atoms. The highest BCUT2D eigenvalue weighted by molar-refractivity contribution is 7.89. The molecule has 0 atom stereocenters. The van der Waals surface area contributed by atoms with Gasteiger partial charge in [0.15, 0.2) is 4.90 Å². The molecule has 21 heavy (non-hydrogen) atoms. The molecule has 1 N–H and O–H groups in total. The summed E-state index contributed by atoms with van der Waals surface area (Å²) in [5.41, 5.74) is -1.51. The summed E-state index contributed by atoms with van der Waals surface area (Å²) in [6, 6.07) is 5.38. The van der Waals surface area contributed by atoms with Crippen molar-refractivity contribution in [3.05, 3.63) is 28.3 Å². The van der Waals surface area contributed by atoms with Gasteiger partial charge in [0.25, 0.3) is 5.69 Å². The monoisotopic (exact) mass is 313 g/mol. The first-order valence-corrected chi connectivity index (χ1v) is 7.34. The standard InChI is InChI=1S/C12H15N3O5S/c1-12(2,7-13)8-14-21(18,19)11-5-4-9(20-3)6-10(11)15(16)17/h4-6,14H,8H2,1-3H3. The molecular formula is C12H15N3O5S. The minimum atomic E-state index is -4.10. The molecule has 1 aromatic carbocycles. The molecule has 0 amide bonds. The Morgan fingerprint density at radius 1 is 1.48 bits per heavy atom. The van der Waals surface area contributed by atoms with Crippen molar-refractivity contribution in [1.29, 1.82) is 5.26 Å². The van der Waals surface area contributed by atoms with Crippen molar-refractivity contribution >= 4 is 15.7 Å². The summed E-state index contributed by atoms with van der Waals surface area (Å²) in [5, 5.41) is 19.9. The van der Waals surface area contributed by atoms with Crippen LogP contribution in [-0.2, 0) is 10.0 Å². The molecule has 0 saturated heterocycles. The lowest BCUT2D eigenvalue weighted by molar-refractivity contribution is -0.387. The van der Waals surface area contributed by atoms with Crippen molar-refractivity contribution in [3.63, 3.8) is 0 Å². The van der Waals surface area contributed by atoms with Crippen LogP contribution in [0.5, 0.6) is 5.75 Å². The van der Waals surface area contributed by atoms with Crippen LogP contribution in [0.25, 0.3) is 0 Å². The van der Waals surface area contributed by atoms with Gasteiger partial charge in [0.1, 0.15) is 5.75 Å². The van der Waals surface area contributed by atoms with Crippen LogP contribution in [0, 0.1) is 26.9 Å². The summed E-state index contributed by atoms with van der Waals surface area (Å²) in [7, 11) is -2.78. The summed E-state index contributed by atoms with van der Waals surface area (Å²) < 4.78 is 31.4. The molecule has 0 unspecified atom stereocenters. The zero-order chi connectivity index (χ0) is 16.3. The summed E-state index contributed by atoms with van der Waals surface area (Å²) in [6.07, 6.45) is 0. The summed E-state index contributed by atoms with van der Waals surface area (Å²) >= 11 is 0. The highest BCUT2D eigenvalue weighted by Crippen LogP contribution is 2.28. The third-order valence-electron chi connectivity index (χ3n) is 2.66. The highest BCUT2D eigenvalue weighted by Gasteiger charge is 2.28. The molecular weight excluding hydrogens is 298 g/mol. The fourth-order valence-electron chi connectivity index (χ4n) is 1.39. The molecule has 0 aromatic heterocycles. The lowest BCUT2D eigenvalue weighted by Gasteiger charge is -2.16. The minimum Gasteiger partial charge on any atom is -0.497 e. The summed E-state index contributed by atoms with van der Waals surface area (Å²) in [5.74, 6) is 0.179. The van der Waals surface area contributed by atoms with E-state index in [1.165, 1.54) is 13.2 Å². The van der Waals surface area contributed by atoms with Crippen LogP contribution in [0.3, 0.4) is 0 Å². The number of hydrogen-bond acceptors (Lipinski definition) is 6. The van der Waals surface area contributed by atoms with E-state index >= 15 is 0 Å². The lowest BCUT2D eigenvalue weighted by Crippen LogP contribution is -2.33. The number of nitro groups is 1. The summed E-state index contributed by atoms with van der Waals surface area (Å²) in [4.78, 5) is 9.73. The van der Waals surface area contributed by atoms with Crippen molar-refractivity contribution in [1.82, 2.24) is 4.72 Å². The van der Waals surface area contributed by atoms with E-state index < -0.39 is 30.9 Å². The molecule has 0 radical (unpaired) electrons. The van der Waals surface area contributed by atoms with E-state index in [1.807, 2.05) is 6.07 Å². The highest BCUT2D eigenvalue weighted by atomic mass is 32.2. The Hall–Kier alpha value is -2.18. The molecule has 9 heteroatoms. The van der Waals surface area contributed by atoms with E-state index in [-0.39, 0.29) is 12.3 Å². The fourth-order valence-corrected chi connectivity index (χ4v) is 2.75. The number of benzene rings is 1. The van der Waals surface area contributed by atoms with Gasteiger partial charge in [-0.25, -0.2) is 13.1 Å². The Morgan fingerprint density at radius 2 is 2.10 bits per heavy atom. The van der Waals surface area contributed by atoms with E-state index in [9.17, 15) is 18.5 Å².